The number of hydrogen-bond acceptors (Lipinski definition) is 2. The minimum Gasteiger partial charge on any atom is -0.228 e. The van der Waals surface area contributed by atoms with Crippen LogP contribution in [-0.4, -0.2) is 9.97 Å². The van der Waals surface area contributed by atoms with Crippen molar-refractivity contribution in [3.05, 3.63) is 194 Å². The molecule has 0 aliphatic rings. The van der Waals surface area contributed by atoms with E-state index >= 15 is 0 Å². The zero-order valence-corrected chi connectivity index (χ0v) is 27.4. The molecule has 1 aromatic heterocycles. The van der Waals surface area contributed by atoms with E-state index in [-0.39, 0.29) is 0 Å². The molecular weight excluding hydrogens is 605 g/mol. The van der Waals surface area contributed by atoms with Crippen LogP contribution in [0.1, 0.15) is 0 Å². The minimum absolute atomic E-state index is 0.712. The molecule has 0 bridgehead atoms. The zero-order chi connectivity index (χ0) is 33.3. The van der Waals surface area contributed by atoms with Crippen molar-refractivity contribution >= 4 is 21.7 Å². The number of nitrogens with zero attached hydrogens (tertiary/aromatic N) is 2. The fourth-order valence-electron chi connectivity index (χ4n) is 6.99. The van der Waals surface area contributed by atoms with Crippen molar-refractivity contribution in [2.45, 2.75) is 0 Å². The molecule has 234 valence electrons. The lowest BCUT2D eigenvalue weighted by Gasteiger charge is -2.15. The fourth-order valence-corrected chi connectivity index (χ4v) is 6.99. The monoisotopic (exact) mass is 636 g/mol. The first kappa shape index (κ1) is 29.5. The van der Waals surface area contributed by atoms with Gasteiger partial charge in [-0.05, 0) is 73.5 Å². The van der Waals surface area contributed by atoms with Gasteiger partial charge in [0.05, 0.1) is 11.2 Å². The third-order valence-corrected chi connectivity index (χ3v) is 9.50. The molecule has 0 amide bonds. The lowest BCUT2D eigenvalue weighted by Crippen LogP contribution is -1.97. The third-order valence-electron chi connectivity index (χ3n) is 9.50. The Morgan fingerprint density at radius 2 is 0.800 bits per heavy atom. The molecule has 0 aliphatic heterocycles. The van der Waals surface area contributed by atoms with Crippen molar-refractivity contribution in [3.63, 3.8) is 0 Å². The molecule has 0 aliphatic carbocycles. The second-order valence-electron chi connectivity index (χ2n) is 12.6. The largest absolute Gasteiger partial charge is 0.228 e. The summed E-state index contributed by atoms with van der Waals surface area (Å²) >= 11 is 0. The summed E-state index contributed by atoms with van der Waals surface area (Å²) in [6.45, 7) is 0. The lowest BCUT2D eigenvalue weighted by molar-refractivity contribution is 1.23. The van der Waals surface area contributed by atoms with Gasteiger partial charge in [0.25, 0.3) is 0 Å². The summed E-state index contributed by atoms with van der Waals surface area (Å²) in [7, 11) is 0. The molecule has 9 aromatic rings. The number of hydrogen-bond donors (Lipinski definition) is 0. The second-order valence-corrected chi connectivity index (χ2v) is 12.6. The molecule has 0 spiro atoms. The van der Waals surface area contributed by atoms with Crippen LogP contribution in [0.2, 0.25) is 0 Å². The Bertz CT molecular complexity index is 2620. The normalized spacial score (nSPS) is 11.2. The van der Waals surface area contributed by atoms with Gasteiger partial charge in [0.1, 0.15) is 0 Å². The summed E-state index contributed by atoms with van der Waals surface area (Å²) in [5.74, 6) is 0.712. The molecule has 0 unspecified atom stereocenters. The van der Waals surface area contributed by atoms with E-state index in [1.54, 1.807) is 0 Å². The molecule has 0 saturated carbocycles. The summed E-state index contributed by atoms with van der Waals surface area (Å²) in [4.78, 5) is 10.5. The van der Waals surface area contributed by atoms with Gasteiger partial charge in [-0.2, -0.15) is 0 Å². The summed E-state index contributed by atoms with van der Waals surface area (Å²) in [5, 5.41) is 3.40. The van der Waals surface area contributed by atoms with E-state index in [4.69, 9.17) is 9.97 Å². The maximum atomic E-state index is 5.36. The van der Waals surface area contributed by atoms with Gasteiger partial charge in [0, 0.05) is 16.5 Å². The van der Waals surface area contributed by atoms with E-state index < -0.39 is 0 Å². The maximum absolute atomic E-state index is 5.36. The van der Waals surface area contributed by atoms with E-state index in [0.717, 1.165) is 49.8 Å². The van der Waals surface area contributed by atoms with Gasteiger partial charge in [-0.1, -0.05) is 176 Å². The zero-order valence-electron chi connectivity index (χ0n) is 27.4. The number of rotatable bonds is 6. The van der Waals surface area contributed by atoms with E-state index in [1.807, 2.05) is 0 Å². The van der Waals surface area contributed by atoms with Crippen LogP contribution in [0.5, 0.6) is 0 Å². The SMILES string of the molecule is c1ccc(-c2cccc(-c3cccc(-c4ccc(-c5nc(-c6ccccc6-c6ccccc6)c6c(ccc7ccccc76)n5)cc4)c3)c2)cc1. The van der Waals surface area contributed by atoms with Crippen LogP contribution in [0.15, 0.2) is 194 Å². The van der Waals surface area contributed by atoms with Crippen LogP contribution < -0.4 is 0 Å². The summed E-state index contributed by atoms with van der Waals surface area (Å²) in [6.07, 6.45) is 0. The Balaban J connectivity index is 1.13. The average molecular weight is 637 g/mol. The molecule has 0 radical (unpaired) electrons. The van der Waals surface area contributed by atoms with Crippen molar-refractivity contribution in [2.24, 2.45) is 0 Å². The highest BCUT2D eigenvalue weighted by Gasteiger charge is 2.17. The predicted octanol–water partition coefficient (Wildman–Crippen LogP) is 12.8. The van der Waals surface area contributed by atoms with Crippen molar-refractivity contribution < 1.29 is 0 Å². The van der Waals surface area contributed by atoms with Gasteiger partial charge in [0.15, 0.2) is 5.82 Å². The molecule has 9 rings (SSSR count). The lowest BCUT2D eigenvalue weighted by atomic mass is 9.93. The minimum atomic E-state index is 0.712. The number of aromatic nitrogens is 2. The molecule has 50 heavy (non-hydrogen) atoms. The van der Waals surface area contributed by atoms with Gasteiger partial charge in [-0.3, -0.25) is 0 Å². The van der Waals surface area contributed by atoms with Crippen molar-refractivity contribution in [1.82, 2.24) is 9.97 Å². The van der Waals surface area contributed by atoms with E-state index in [0.29, 0.717) is 5.82 Å². The molecule has 1 heterocycles. The first-order valence-corrected chi connectivity index (χ1v) is 17.0. The Morgan fingerprint density at radius 1 is 0.300 bits per heavy atom. The fraction of sp³-hybridized carbons (Fsp3) is 0. The van der Waals surface area contributed by atoms with Crippen molar-refractivity contribution in [1.29, 1.82) is 0 Å². The van der Waals surface area contributed by atoms with Crippen LogP contribution in [0.25, 0.3) is 88.8 Å². The molecule has 2 nitrogen and oxygen atoms in total. The Hall–Kier alpha value is -6.64. The van der Waals surface area contributed by atoms with Crippen molar-refractivity contribution in [3.8, 4) is 67.2 Å². The molecule has 0 saturated heterocycles. The Kier molecular flexibility index (Phi) is 7.53. The topological polar surface area (TPSA) is 25.8 Å². The molecular formula is C48H32N2. The average Bonchev–Trinajstić information content (AvgIpc) is 3.21. The summed E-state index contributed by atoms with van der Waals surface area (Å²) in [6, 6.07) is 68.6. The van der Waals surface area contributed by atoms with Crippen LogP contribution >= 0.6 is 0 Å². The highest BCUT2D eigenvalue weighted by atomic mass is 14.9. The molecule has 0 N–H and O–H groups in total. The van der Waals surface area contributed by atoms with Crippen LogP contribution in [0.4, 0.5) is 0 Å². The van der Waals surface area contributed by atoms with Gasteiger partial charge < -0.3 is 0 Å². The van der Waals surface area contributed by atoms with Gasteiger partial charge >= 0.3 is 0 Å². The van der Waals surface area contributed by atoms with E-state index in [9.17, 15) is 0 Å². The number of fused-ring (bicyclic) bond motifs is 3. The van der Waals surface area contributed by atoms with Gasteiger partial charge in [0.2, 0.25) is 0 Å². The predicted molar refractivity (Wildman–Crippen MR) is 210 cm³/mol. The molecule has 2 heteroatoms. The van der Waals surface area contributed by atoms with E-state index in [2.05, 4.69) is 194 Å². The standard InChI is InChI=1S/C48H32N2/c1-3-13-33(14-4-1)38-18-11-20-40(31-38)41-21-12-19-39(32-41)34-25-27-37(28-26-34)48-49-45-30-29-36-17-7-8-23-43(36)46(45)47(50-48)44-24-10-9-22-42(44)35-15-5-2-6-16-35/h1-32H. The van der Waals surface area contributed by atoms with Gasteiger partial charge in [-0.15, -0.1) is 0 Å². The smallest absolute Gasteiger partial charge is 0.160 e. The Morgan fingerprint density at radius 3 is 1.48 bits per heavy atom. The molecule has 0 atom stereocenters. The Labute approximate surface area is 292 Å². The van der Waals surface area contributed by atoms with Crippen LogP contribution in [0, 0.1) is 0 Å². The highest BCUT2D eigenvalue weighted by Crippen LogP contribution is 2.39. The van der Waals surface area contributed by atoms with Crippen LogP contribution in [0.3, 0.4) is 0 Å². The molecule has 8 aromatic carbocycles. The third kappa shape index (κ3) is 5.53. The van der Waals surface area contributed by atoms with Crippen molar-refractivity contribution in [2.75, 3.05) is 0 Å². The van der Waals surface area contributed by atoms with E-state index in [1.165, 1.54) is 33.2 Å². The highest BCUT2D eigenvalue weighted by molar-refractivity contribution is 6.13. The van der Waals surface area contributed by atoms with Crippen LogP contribution in [-0.2, 0) is 0 Å². The summed E-state index contributed by atoms with van der Waals surface area (Å²) in [5.41, 5.74) is 13.4. The first-order valence-electron chi connectivity index (χ1n) is 17.0. The van der Waals surface area contributed by atoms with Gasteiger partial charge in [-0.25, -0.2) is 9.97 Å². The second kappa shape index (κ2) is 12.8. The quantitative estimate of drug-likeness (QED) is 0.170. The first-order chi connectivity index (χ1) is 24.8. The summed E-state index contributed by atoms with van der Waals surface area (Å²) < 4.78 is 0. The number of benzene rings is 8. The molecule has 0 fully saturated rings. The maximum Gasteiger partial charge on any atom is 0.160 e.